The van der Waals surface area contributed by atoms with Crippen LogP contribution in [0, 0.1) is 0 Å². The topological polar surface area (TPSA) is 64.6 Å². The molecule has 0 radical (unpaired) electrons. The number of para-hydroxylation sites is 1. The van der Waals surface area contributed by atoms with E-state index in [1.54, 1.807) is 43.5 Å². The number of esters is 1. The largest absolute Gasteiger partial charge is 0.452 e. The second-order valence-corrected chi connectivity index (χ2v) is 5.59. The number of halogens is 1. The zero-order chi connectivity index (χ0) is 16.7. The van der Waals surface area contributed by atoms with Crippen molar-refractivity contribution in [2.45, 2.75) is 6.61 Å². The minimum atomic E-state index is -0.545. The van der Waals surface area contributed by atoms with Crippen LogP contribution in [0.4, 0.5) is 5.69 Å². The molecule has 0 aliphatic rings. The number of rotatable bonds is 6. The summed E-state index contributed by atoms with van der Waals surface area (Å²) in [5.41, 5.74) is 1.96. The number of nitrogens with one attached hydrogen (secondary N) is 1. The molecule has 5 nitrogen and oxygen atoms in total. The summed E-state index contributed by atoms with van der Waals surface area (Å²) < 4.78 is 10.8. The van der Waals surface area contributed by atoms with E-state index in [2.05, 4.69) is 21.2 Å². The van der Waals surface area contributed by atoms with Gasteiger partial charge in [-0.1, -0.05) is 24.3 Å². The third-order valence-electron chi connectivity index (χ3n) is 2.98. The van der Waals surface area contributed by atoms with Gasteiger partial charge in [-0.2, -0.15) is 0 Å². The van der Waals surface area contributed by atoms with E-state index in [-0.39, 0.29) is 6.61 Å². The molecule has 0 heterocycles. The first kappa shape index (κ1) is 17.2. The summed E-state index contributed by atoms with van der Waals surface area (Å²) in [7, 11) is 1.60. The first-order valence-electron chi connectivity index (χ1n) is 6.89. The number of anilines is 1. The predicted octanol–water partition coefficient (Wildman–Crippen LogP) is 3.39. The van der Waals surface area contributed by atoms with Crippen molar-refractivity contribution in [3.8, 4) is 0 Å². The molecule has 0 spiro atoms. The molecule has 0 bridgehead atoms. The molecule has 2 aromatic carbocycles. The van der Waals surface area contributed by atoms with Gasteiger partial charge in [0.1, 0.15) is 0 Å². The van der Waals surface area contributed by atoms with Gasteiger partial charge in [-0.05, 0) is 45.8 Å². The quantitative estimate of drug-likeness (QED) is 0.783. The van der Waals surface area contributed by atoms with Crippen molar-refractivity contribution in [1.82, 2.24) is 0 Å². The predicted molar refractivity (Wildman–Crippen MR) is 90.2 cm³/mol. The van der Waals surface area contributed by atoms with Crippen LogP contribution in [-0.4, -0.2) is 25.6 Å². The van der Waals surface area contributed by atoms with E-state index >= 15 is 0 Å². The number of benzene rings is 2. The monoisotopic (exact) mass is 377 g/mol. The first-order valence-corrected chi connectivity index (χ1v) is 7.69. The van der Waals surface area contributed by atoms with Crippen molar-refractivity contribution in [2.24, 2.45) is 0 Å². The van der Waals surface area contributed by atoms with Crippen LogP contribution < -0.4 is 5.32 Å². The Morgan fingerprint density at radius 2 is 1.78 bits per heavy atom. The average molecular weight is 378 g/mol. The van der Waals surface area contributed by atoms with E-state index in [4.69, 9.17) is 9.47 Å². The Kier molecular flexibility index (Phi) is 6.31. The smallest absolute Gasteiger partial charge is 0.338 e. The number of carbonyl (C=O) groups is 2. The van der Waals surface area contributed by atoms with E-state index in [0.29, 0.717) is 17.9 Å². The standard InChI is InChI=1S/C17H16BrNO4/c1-22-10-12-6-8-13(9-7-12)17(21)23-11-16(20)19-15-5-3-2-4-14(15)18/h2-9H,10-11H2,1H3,(H,19,20). The molecule has 0 saturated carbocycles. The molecule has 120 valence electrons. The van der Waals surface area contributed by atoms with Crippen molar-refractivity contribution in [1.29, 1.82) is 0 Å². The fourth-order valence-corrected chi connectivity index (χ4v) is 2.25. The Morgan fingerprint density at radius 3 is 2.43 bits per heavy atom. The molecular formula is C17H16BrNO4. The lowest BCUT2D eigenvalue weighted by atomic mass is 10.1. The van der Waals surface area contributed by atoms with Crippen LogP contribution in [0.1, 0.15) is 15.9 Å². The van der Waals surface area contributed by atoms with E-state index < -0.39 is 11.9 Å². The fourth-order valence-electron chi connectivity index (χ4n) is 1.87. The summed E-state index contributed by atoms with van der Waals surface area (Å²) in [4.78, 5) is 23.7. The minimum absolute atomic E-state index is 0.347. The van der Waals surface area contributed by atoms with Crippen molar-refractivity contribution in [3.63, 3.8) is 0 Å². The molecule has 0 fully saturated rings. The Hall–Kier alpha value is -2.18. The van der Waals surface area contributed by atoms with Crippen LogP contribution in [0.5, 0.6) is 0 Å². The molecule has 2 aromatic rings. The van der Waals surface area contributed by atoms with E-state index in [0.717, 1.165) is 10.0 Å². The van der Waals surface area contributed by atoms with Gasteiger partial charge in [0, 0.05) is 11.6 Å². The molecular weight excluding hydrogens is 362 g/mol. The van der Waals surface area contributed by atoms with Gasteiger partial charge in [0.05, 0.1) is 17.9 Å². The van der Waals surface area contributed by atoms with Gasteiger partial charge in [-0.15, -0.1) is 0 Å². The van der Waals surface area contributed by atoms with E-state index in [1.807, 2.05) is 12.1 Å². The van der Waals surface area contributed by atoms with E-state index in [9.17, 15) is 9.59 Å². The van der Waals surface area contributed by atoms with Gasteiger partial charge in [-0.3, -0.25) is 4.79 Å². The Balaban J connectivity index is 1.86. The number of ether oxygens (including phenoxy) is 2. The van der Waals surface area contributed by atoms with Gasteiger partial charge < -0.3 is 14.8 Å². The van der Waals surface area contributed by atoms with Crippen LogP contribution >= 0.6 is 15.9 Å². The average Bonchev–Trinajstić information content (AvgIpc) is 2.56. The SMILES string of the molecule is COCc1ccc(C(=O)OCC(=O)Nc2ccccc2Br)cc1. The maximum Gasteiger partial charge on any atom is 0.338 e. The van der Waals surface area contributed by atoms with Gasteiger partial charge in [-0.25, -0.2) is 4.79 Å². The van der Waals surface area contributed by atoms with E-state index in [1.165, 1.54) is 0 Å². The fraction of sp³-hybridized carbons (Fsp3) is 0.176. The van der Waals surface area contributed by atoms with Crippen molar-refractivity contribution >= 4 is 33.5 Å². The van der Waals surface area contributed by atoms with Gasteiger partial charge in [0.2, 0.25) is 0 Å². The summed E-state index contributed by atoms with van der Waals surface area (Å²) in [5, 5.41) is 2.66. The lowest BCUT2D eigenvalue weighted by Crippen LogP contribution is -2.21. The normalized spacial score (nSPS) is 10.2. The molecule has 23 heavy (non-hydrogen) atoms. The highest BCUT2D eigenvalue weighted by atomic mass is 79.9. The summed E-state index contributed by atoms with van der Waals surface area (Å²) in [6.45, 7) is 0.129. The van der Waals surface area contributed by atoms with Gasteiger partial charge in [0.25, 0.3) is 5.91 Å². The maximum absolute atomic E-state index is 11.9. The molecule has 0 aliphatic carbocycles. The van der Waals surface area contributed by atoms with Crippen LogP contribution in [0.2, 0.25) is 0 Å². The summed E-state index contributed by atoms with van der Waals surface area (Å²) >= 11 is 3.33. The van der Waals surface area contributed by atoms with Gasteiger partial charge >= 0.3 is 5.97 Å². The van der Waals surface area contributed by atoms with Crippen LogP contribution in [0.25, 0.3) is 0 Å². The zero-order valence-corrected chi connectivity index (χ0v) is 14.1. The highest BCUT2D eigenvalue weighted by molar-refractivity contribution is 9.10. The van der Waals surface area contributed by atoms with Crippen molar-refractivity contribution < 1.29 is 19.1 Å². The Bertz CT molecular complexity index is 685. The lowest BCUT2D eigenvalue weighted by molar-refractivity contribution is -0.119. The summed E-state index contributed by atoms with van der Waals surface area (Å²) in [6.07, 6.45) is 0. The molecule has 0 saturated heterocycles. The first-order chi connectivity index (χ1) is 11.1. The molecule has 0 aliphatic heterocycles. The maximum atomic E-state index is 11.9. The second kappa shape index (κ2) is 8.45. The van der Waals surface area contributed by atoms with Crippen LogP contribution in [-0.2, 0) is 20.9 Å². The molecule has 0 aromatic heterocycles. The highest BCUT2D eigenvalue weighted by Gasteiger charge is 2.11. The molecule has 0 atom stereocenters. The zero-order valence-electron chi connectivity index (χ0n) is 12.5. The lowest BCUT2D eigenvalue weighted by Gasteiger charge is -2.08. The number of methoxy groups -OCH3 is 1. The highest BCUT2D eigenvalue weighted by Crippen LogP contribution is 2.20. The van der Waals surface area contributed by atoms with Crippen LogP contribution in [0.15, 0.2) is 53.0 Å². The van der Waals surface area contributed by atoms with Crippen molar-refractivity contribution in [2.75, 3.05) is 19.0 Å². The molecule has 0 unspecified atom stereocenters. The Morgan fingerprint density at radius 1 is 1.09 bits per heavy atom. The molecule has 1 amide bonds. The number of hydrogen-bond acceptors (Lipinski definition) is 4. The van der Waals surface area contributed by atoms with Gasteiger partial charge in [0.15, 0.2) is 6.61 Å². The minimum Gasteiger partial charge on any atom is -0.452 e. The molecule has 6 heteroatoms. The number of hydrogen-bond donors (Lipinski definition) is 1. The third-order valence-corrected chi connectivity index (χ3v) is 3.67. The third kappa shape index (κ3) is 5.19. The summed E-state index contributed by atoms with van der Waals surface area (Å²) in [6, 6.07) is 14.0. The molecule has 2 rings (SSSR count). The Labute approximate surface area is 142 Å². The summed E-state index contributed by atoms with van der Waals surface area (Å²) in [5.74, 6) is -0.947. The number of carbonyl (C=O) groups excluding carboxylic acids is 2. The molecule has 1 N–H and O–H groups in total. The van der Waals surface area contributed by atoms with Crippen molar-refractivity contribution in [3.05, 3.63) is 64.1 Å². The second-order valence-electron chi connectivity index (χ2n) is 4.73. The van der Waals surface area contributed by atoms with Crippen LogP contribution in [0.3, 0.4) is 0 Å². The number of amides is 1.